The first-order valence-electron chi connectivity index (χ1n) is 6.37. The Morgan fingerprint density at radius 1 is 1.40 bits per heavy atom. The number of aliphatic hydroxyl groups excluding tert-OH is 1. The number of hydrogen-bond donors (Lipinski definition) is 2. The highest BCUT2D eigenvalue weighted by Gasteiger charge is 2.11. The van der Waals surface area contributed by atoms with Gasteiger partial charge in [0.1, 0.15) is 5.52 Å². The number of fused-ring (bicyclic) bond motifs is 1. The quantitative estimate of drug-likeness (QED) is 0.813. The Morgan fingerprint density at radius 3 is 3.00 bits per heavy atom. The second-order valence-corrected chi connectivity index (χ2v) is 4.38. The zero-order valence-electron chi connectivity index (χ0n) is 11.2. The normalized spacial score (nSPS) is 12.3. The van der Waals surface area contributed by atoms with Gasteiger partial charge in [0.2, 0.25) is 0 Å². The molecule has 2 aromatic rings. The summed E-state index contributed by atoms with van der Waals surface area (Å²) in [7, 11) is 1.52. The SMILES string of the molecule is COCC(O)CCNC(=O)c1cccc2nccnc12. The lowest BCUT2D eigenvalue weighted by atomic mass is 10.1. The summed E-state index contributed by atoms with van der Waals surface area (Å²) < 4.78 is 4.82. The molecule has 20 heavy (non-hydrogen) atoms. The van der Waals surface area contributed by atoms with Gasteiger partial charge in [0.15, 0.2) is 0 Å². The molecule has 1 aromatic carbocycles. The van der Waals surface area contributed by atoms with Crippen LogP contribution in [0, 0.1) is 0 Å². The van der Waals surface area contributed by atoms with E-state index in [0.29, 0.717) is 29.6 Å². The average molecular weight is 275 g/mol. The largest absolute Gasteiger partial charge is 0.391 e. The van der Waals surface area contributed by atoms with Gasteiger partial charge in [-0.05, 0) is 18.6 Å². The predicted molar refractivity (Wildman–Crippen MR) is 74.4 cm³/mol. The Labute approximate surface area is 116 Å². The number of amides is 1. The lowest BCUT2D eigenvalue weighted by Gasteiger charge is -2.10. The molecule has 0 aliphatic rings. The zero-order valence-corrected chi connectivity index (χ0v) is 11.2. The van der Waals surface area contributed by atoms with Crippen LogP contribution < -0.4 is 5.32 Å². The number of para-hydroxylation sites is 1. The number of aromatic nitrogens is 2. The van der Waals surface area contributed by atoms with Crippen molar-refractivity contribution in [2.75, 3.05) is 20.3 Å². The van der Waals surface area contributed by atoms with Crippen LogP contribution in [-0.4, -0.2) is 47.3 Å². The summed E-state index contributed by atoms with van der Waals surface area (Å²) in [5.41, 5.74) is 1.74. The summed E-state index contributed by atoms with van der Waals surface area (Å²) in [6.07, 6.45) is 3.01. The van der Waals surface area contributed by atoms with E-state index in [-0.39, 0.29) is 12.5 Å². The number of methoxy groups -OCH3 is 1. The Hall–Kier alpha value is -2.05. The molecule has 106 valence electrons. The van der Waals surface area contributed by atoms with E-state index in [9.17, 15) is 9.90 Å². The van der Waals surface area contributed by atoms with Crippen molar-refractivity contribution in [1.82, 2.24) is 15.3 Å². The van der Waals surface area contributed by atoms with Crippen LogP contribution >= 0.6 is 0 Å². The van der Waals surface area contributed by atoms with Crippen molar-refractivity contribution in [1.29, 1.82) is 0 Å². The monoisotopic (exact) mass is 275 g/mol. The maximum atomic E-state index is 12.1. The molecule has 2 rings (SSSR count). The smallest absolute Gasteiger partial charge is 0.253 e. The Morgan fingerprint density at radius 2 is 2.20 bits per heavy atom. The third-order valence-electron chi connectivity index (χ3n) is 2.87. The highest BCUT2D eigenvalue weighted by atomic mass is 16.5. The molecule has 0 fully saturated rings. The summed E-state index contributed by atoms with van der Waals surface area (Å²) in [6, 6.07) is 5.28. The van der Waals surface area contributed by atoms with E-state index in [1.165, 1.54) is 7.11 Å². The van der Waals surface area contributed by atoms with E-state index < -0.39 is 6.10 Å². The second-order valence-electron chi connectivity index (χ2n) is 4.38. The molecule has 1 atom stereocenters. The third kappa shape index (κ3) is 3.49. The van der Waals surface area contributed by atoms with Crippen LogP contribution in [0.1, 0.15) is 16.8 Å². The van der Waals surface area contributed by atoms with Crippen LogP contribution in [0.4, 0.5) is 0 Å². The molecule has 6 heteroatoms. The van der Waals surface area contributed by atoms with Crippen LogP contribution in [0.15, 0.2) is 30.6 Å². The molecule has 1 unspecified atom stereocenters. The molecular weight excluding hydrogens is 258 g/mol. The first-order chi connectivity index (χ1) is 9.72. The van der Waals surface area contributed by atoms with Crippen LogP contribution in [0.2, 0.25) is 0 Å². The number of nitrogens with one attached hydrogen (secondary N) is 1. The van der Waals surface area contributed by atoms with Gasteiger partial charge in [-0.2, -0.15) is 0 Å². The summed E-state index contributed by atoms with van der Waals surface area (Å²) in [5, 5.41) is 12.3. The van der Waals surface area contributed by atoms with E-state index in [1.54, 1.807) is 30.6 Å². The lowest BCUT2D eigenvalue weighted by Crippen LogP contribution is -2.28. The van der Waals surface area contributed by atoms with Gasteiger partial charge in [-0.15, -0.1) is 0 Å². The molecule has 6 nitrogen and oxygen atoms in total. The number of rotatable bonds is 6. The first-order valence-corrected chi connectivity index (χ1v) is 6.37. The van der Waals surface area contributed by atoms with Crippen molar-refractivity contribution in [3.05, 3.63) is 36.2 Å². The number of aliphatic hydroxyl groups is 1. The van der Waals surface area contributed by atoms with Gasteiger partial charge in [0, 0.05) is 26.0 Å². The molecular formula is C14H17N3O3. The molecule has 1 aromatic heterocycles. The van der Waals surface area contributed by atoms with E-state index in [1.807, 2.05) is 0 Å². The maximum Gasteiger partial charge on any atom is 0.253 e. The fraction of sp³-hybridized carbons (Fsp3) is 0.357. The van der Waals surface area contributed by atoms with Crippen LogP contribution in [0.5, 0.6) is 0 Å². The standard InChI is InChI=1S/C14H17N3O3/c1-20-9-10(18)5-6-17-14(19)11-3-2-4-12-13(11)16-8-7-15-12/h2-4,7-8,10,18H,5-6,9H2,1H3,(H,17,19). The van der Waals surface area contributed by atoms with E-state index in [2.05, 4.69) is 15.3 Å². The number of benzene rings is 1. The van der Waals surface area contributed by atoms with Gasteiger partial charge in [0.05, 0.1) is 23.8 Å². The van der Waals surface area contributed by atoms with Crippen molar-refractivity contribution in [2.45, 2.75) is 12.5 Å². The summed E-state index contributed by atoms with van der Waals surface area (Å²) in [6.45, 7) is 0.635. The Kier molecular flexibility index (Phi) is 4.97. The third-order valence-corrected chi connectivity index (χ3v) is 2.87. The fourth-order valence-electron chi connectivity index (χ4n) is 1.90. The van der Waals surface area contributed by atoms with Gasteiger partial charge in [-0.3, -0.25) is 14.8 Å². The second kappa shape index (κ2) is 6.93. The molecule has 0 spiro atoms. The van der Waals surface area contributed by atoms with Crippen molar-refractivity contribution in [3.8, 4) is 0 Å². The van der Waals surface area contributed by atoms with Gasteiger partial charge < -0.3 is 15.2 Å². The van der Waals surface area contributed by atoms with Gasteiger partial charge >= 0.3 is 0 Å². The fourth-order valence-corrected chi connectivity index (χ4v) is 1.90. The molecule has 1 heterocycles. The number of carbonyl (C=O) groups is 1. The van der Waals surface area contributed by atoms with Crippen LogP contribution in [0.3, 0.4) is 0 Å². The predicted octanol–water partition coefficient (Wildman–Crippen LogP) is 0.757. The minimum absolute atomic E-state index is 0.222. The number of nitrogens with zero attached hydrogens (tertiary/aromatic N) is 2. The topological polar surface area (TPSA) is 84.3 Å². The first kappa shape index (κ1) is 14.4. The van der Waals surface area contributed by atoms with Gasteiger partial charge in [0.25, 0.3) is 5.91 Å². The molecule has 0 saturated heterocycles. The molecule has 0 radical (unpaired) electrons. The molecule has 1 amide bonds. The van der Waals surface area contributed by atoms with E-state index in [4.69, 9.17) is 4.74 Å². The summed E-state index contributed by atoms with van der Waals surface area (Å²) >= 11 is 0. The molecule has 0 saturated carbocycles. The van der Waals surface area contributed by atoms with E-state index >= 15 is 0 Å². The average Bonchev–Trinajstić information content (AvgIpc) is 2.47. The minimum atomic E-state index is -0.576. The number of ether oxygens (including phenoxy) is 1. The minimum Gasteiger partial charge on any atom is -0.391 e. The summed E-state index contributed by atoms with van der Waals surface area (Å²) in [4.78, 5) is 20.4. The van der Waals surface area contributed by atoms with Gasteiger partial charge in [-0.25, -0.2) is 0 Å². The van der Waals surface area contributed by atoms with Crippen LogP contribution in [-0.2, 0) is 4.74 Å². The maximum absolute atomic E-state index is 12.1. The Bertz CT molecular complexity index is 583. The van der Waals surface area contributed by atoms with Crippen molar-refractivity contribution < 1.29 is 14.6 Å². The van der Waals surface area contributed by atoms with Crippen LogP contribution in [0.25, 0.3) is 11.0 Å². The Balaban J connectivity index is 2.01. The molecule has 0 aliphatic heterocycles. The number of carbonyl (C=O) groups excluding carboxylic acids is 1. The highest BCUT2D eigenvalue weighted by Crippen LogP contribution is 2.13. The molecule has 2 N–H and O–H groups in total. The van der Waals surface area contributed by atoms with E-state index in [0.717, 1.165) is 0 Å². The molecule has 0 aliphatic carbocycles. The lowest BCUT2D eigenvalue weighted by molar-refractivity contribution is 0.0588. The van der Waals surface area contributed by atoms with Crippen molar-refractivity contribution in [3.63, 3.8) is 0 Å². The zero-order chi connectivity index (χ0) is 14.4. The molecule has 0 bridgehead atoms. The number of hydrogen-bond acceptors (Lipinski definition) is 5. The summed E-state index contributed by atoms with van der Waals surface area (Å²) in [5.74, 6) is -0.222. The van der Waals surface area contributed by atoms with Crippen molar-refractivity contribution >= 4 is 16.9 Å². The van der Waals surface area contributed by atoms with Crippen molar-refractivity contribution in [2.24, 2.45) is 0 Å². The highest BCUT2D eigenvalue weighted by molar-refractivity contribution is 6.04. The van der Waals surface area contributed by atoms with Gasteiger partial charge in [-0.1, -0.05) is 6.07 Å².